The van der Waals surface area contributed by atoms with Gasteiger partial charge in [-0.3, -0.25) is 19.7 Å². The summed E-state index contributed by atoms with van der Waals surface area (Å²) in [5.41, 5.74) is 1.44. The lowest BCUT2D eigenvalue weighted by Crippen LogP contribution is -2.17. The average Bonchev–Trinajstić information content (AvgIpc) is 3.14. The number of nitrogens with one attached hydrogen (secondary N) is 1. The van der Waals surface area contributed by atoms with Gasteiger partial charge < -0.3 is 4.74 Å². The monoisotopic (exact) mass is 428 g/mol. The predicted molar refractivity (Wildman–Crippen MR) is 112 cm³/mol. The molecule has 6 nitrogen and oxygen atoms in total. The van der Waals surface area contributed by atoms with Gasteiger partial charge in [-0.2, -0.15) is 0 Å². The number of nitrogens with zero attached hydrogens (tertiary/aromatic N) is 1. The molecule has 0 aliphatic heterocycles. The number of rotatable bonds is 7. The third-order valence-corrected chi connectivity index (χ3v) is 4.98. The molecule has 1 N–H and O–H groups in total. The van der Waals surface area contributed by atoms with Gasteiger partial charge in [-0.05, 0) is 37.3 Å². The van der Waals surface area contributed by atoms with Crippen molar-refractivity contribution in [1.82, 2.24) is 4.98 Å². The lowest BCUT2D eigenvalue weighted by Gasteiger charge is -2.08. The van der Waals surface area contributed by atoms with Crippen LogP contribution in [0.25, 0.3) is 0 Å². The number of ether oxygens (including phenoxy) is 1. The Hall–Kier alpha value is -3.03. The first kappa shape index (κ1) is 20.7. The van der Waals surface area contributed by atoms with Crippen molar-refractivity contribution in [3.05, 3.63) is 81.3 Å². The molecule has 3 rings (SSSR count). The van der Waals surface area contributed by atoms with Crippen LogP contribution >= 0.6 is 22.9 Å². The second kappa shape index (κ2) is 9.45. The van der Waals surface area contributed by atoms with Gasteiger partial charge in [0.25, 0.3) is 5.91 Å². The number of halogens is 1. The molecule has 8 heteroatoms. The van der Waals surface area contributed by atoms with Gasteiger partial charge in [-0.1, -0.05) is 29.8 Å². The Morgan fingerprint density at radius 3 is 2.45 bits per heavy atom. The van der Waals surface area contributed by atoms with Gasteiger partial charge in [-0.15, -0.1) is 11.3 Å². The van der Waals surface area contributed by atoms with Gasteiger partial charge >= 0.3 is 5.97 Å². The second-order valence-corrected chi connectivity index (χ2v) is 7.26. The van der Waals surface area contributed by atoms with Crippen LogP contribution in [-0.2, 0) is 16.0 Å². The molecule has 1 aromatic heterocycles. The fraction of sp³-hybridized carbons (Fsp3) is 0.143. The fourth-order valence-electron chi connectivity index (χ4n) is 2.61. The summed E-state index contributed by atoms with van der Waals surface area (Å²) in [4.78, 5) is 41.4. The number of thiazole rings is 1. The van der Waals surface area contributed by atoms with E-state index in [9.17, 15) is 14.4 Å². The maximum absolute atomic E-state index is 12.8. The molecule has 148 valence electrons. The predicted octanol–water partition coefficient (Wildman–Crippen LogP) is 4.39. The Labute approximate surface area is 176 Å². The third kappa shape index (κ3) is 5.28. The number of hydrogen-bond donors (Lipinski definition) is 1. The van der Waals surface area contributed by atoms with Gasteiger partial charge in [0.15, 0.2) is 10.9 Å². The molecular weight excluding hydrogens is 412 g/mol. The summed E-state index contributed by atoms with van der Waals surface area (Å²) in [5.74, 6) is -1.12. The molecule has 0 saturated carbocycles. The molecule has 0 bridgehead atoms. The third-order valence-electron chi connectivity index (χ3n) is 3.93. The van der Waals surface area contributed by atoms with Crippen molar-refractivity contribution in [2.45, 2.75) is 13.3 Å². The van der Waals surface area contributed by atoms with Crippen LogP contribution in [0.1, 0.15) is 38.9 Å². The lowest BCUT2D eigenvalue weighted by molar-refractivity contribution is -0.142. The van der Waals surface area contributed by atoms with Gasteiger partial charge in [0.2, 0.25) is 0 Å². The zero-order valence-electron chi connectivity index (χ0n) is 15.5. The van der Waals surface area contributed by atoms with E-state index in [2.05, 4.69) is 10.3 Å². The Morgan fingerprint density at radius 1 is 1.07 bits per heavy atom. The Bertz CT molecular complexity index is 1050. The zero-order chi connectivity index (χ0) is 20.8. The van der Waals surface area contributed by atoms with E-state index >= 15 is 0 Å². The topological polar surface area (TPSA) is 85.4 Å². The molecule has 0 radical (unpaired) electrons. The van der Waals surface area contributed by atoms with Crippen molar-refractivity contribution >= 4 is 45.7 Å². The molecular formula is C21H17ClN2O4S. The highest BCUT2D eigenvalue weighted by molar-refractivity contribution is 7.14. The number of carbonyl (C=O) groups excluding carboxylic acids is 3. The Morgan fingerprint density at radius 2 is 1.76 bits per heavy atom. The van der Waals surface area contributed by atoms with Crippen molar-refractivity contribution in [1.29, 1.82) is 0 Å². The number of hydrogen-bond acceptors (Lipinski definition) is 6. The van der Waals surface area contributed by atoms with E-state index in [0.717, 1.165) is 0 Å². The number of anilines is 1. The van der Waals surface area contributed by atoms with Crippen LogP contribution in [0.5, 0.6) is 0 Å². The molecule has 0 saturated heterocycles. The first-order chi connectivity index (χ1) is 14.0. The van der Waals surface area contributed by atoms with Crippen LogP contribution < -0.4 is 5.32 Å². The maximum atomic E-state index is 12.8. The Balaban J connectivity index is 1.77. The largest absolute Gasteiger partial charge is 0.466 e. The molecule has 1 heterocycles. The quantitative estimate of drug-likeness (QED) is 0.445. The van der Waals surface area contributed by atoms with Gasteiger partial charge in [0.1, 0.15) is 0 Å². The van der Waals surface area contributed by atoms with Gasteiger partial charge in [-0.25, -0.2) is 4.98 Å². The minimum absolute atomic E-state index is 0.0336. The number of esters is 1. The van der Waals surface area contributed by atoms with Crippen molar-refractivity contribution in [2.24, 2.45) is 0 Å². The number of aromatic nitrogens is 1. The molecule has 0 fully saturated rings. The summed E-state index contributed by atoms with van der Waals surface area (Å²) in [6, 6.07) is 13.0. The van der Waals surface area contributed by atoms with Gasteiger partial charge in [0.05, 0.1) is 24.3 Å². The molecule has 0 atom stereocenters. The van der Waals surface area contributed by atoms with Crippen LogP contribution in [0.2, 0.25) is 5.02 Å². The lowest BCUT2D eigenvalue weighted by atomic mass is 9.98. The van der Waals surface area contributed by atoms with E-state index in [1.165, 1.54) is 11.3 Å². The first-order valence-corrected chi connectivity index (χ1v) is 10.0. The number of ketones is 1. The summed E-state index contributed by atoms with van der Waals surface area (Å²) < 4.78 is 4.89. The van der Waals surface area contributed by atoms with E-state index in [-0.39, 0.29) is 29.3 Å². The molecule has 3 aromatic rings. The number of carbonyl (C=O) groups is 3. The Kier molecular flexibility index (Phi) is 6.74. The highest BCUT2D eigenvalue weighted by Crippen LogP contribution is 2.20. The van der Waals surface area contributed by atoms with E-state index in [0.29, 0.717) is 28.0 Å². The fourth-order valence-corrected chi connectivity index (χ4v) is 3.44. The second-order valence-electron chi connectivity index (χ2n) is 5.96. The van der Waals surface area contributed by atoms with Gasteiger partial charge in [0, 0.05) is 21.5 Å². The summed E-state index contributed by atoms with van der Waals surface area (Å²) >= 11 is 7.07. The highest BCUT2D eigenvalue weighted by Gasteiger charge is 2.19. The standard InChI is InChI=1S/C21H17ClN2O4S/c1-2-28-18(25)11-15-12-29-21(23-15)24-20(27)17-6-4-3-5-16(17)19(26)13-7-9-14(22)10-8-13/h3-10,12H,2,11H2,1H3,(H,23,24,27). The van der Waals surface area contributed by atoms with E-state index < -0.39 is 5.91 Å². The van der Waals surface area contributed by atoms with Crippen molar-refractivity contribution in [3.8, 4) is 0 Å². The van der Waals surface area contributed by atoms with E-state index in [1.807, 2.05) is 0 Å². The molecule has 0 spiro atoms. The van der Waals surface area contributed by atoms with Crippen LogP contribution in [0.3, 0.4) is 0 Å². The smallest absolute Gasteiger partial charge is 0.311 e. The molecule has 0 aliphatic carbocycles. The normalized spacial score (nSPS) is 10.4. The summed E-state index contributed by atoms with van der Waals surface area (Å²) in [5, 5.41) is 5.22. The number of amides is 1. The SMILES string of the molecule is CCOC(=O)Cc1csc(NC(=O)c2ccccc2C(=O)c2ccc(Cl)cc2)n1. The molecule has 0 aliphatic rings. The highest BCUT2D eigenvalue weighted by atomic mass is 35.5. The van der Waals surface area contributed by atoms with E-state index in [4.69, 9.17) is 16.3 Å². The van der Waals surface area contributed by atoms with Crippen LogP contribution in [0, 0.1) is 0 Å². The summed E-state index contributed by atoms with van der Waals surface area (Å²) in [7, 11) is 0. The molecule has 2 aromatic carbocycles. The van der Waals surface area contributed by atoms with Crippen LogP contribution in [0.4, 0.5) is 5.13 Å². The zero-order valence-corrected chi connectivity index (χ0v) is 17.0. The minimum Gasteiger partial charge on any atom is -0.466 e. The number of benzene rings is 2. The van der Waals surface area contributed by atoms with Crippen LogP contribution in [0.15, 0.2) is 53.9 Å². The van der Waals surface area contributed by atoms with Crippen LogP contribution in [-0.4, -0.2) is 29.3 Å². The maximum Gasteiger partial charge on any atom is 0.311 e. The van der Waals surface area contributed by atoms with Crippen molar-refractivity contribution in [2.75, 3.05) is 11.9 Å². The summed E-state index contributed by atoms with van der Waals surface area (Å²) in [6.07, 6.45) is 0.0336. The average molecular weight is 429 g/mol. The summed E-state index contributed by atoms with van der Waals surface area (Å²) in [6.45, 7) is 2.03. The molecule has 29 heavy (non-hydrogen) atoms. The van der Waals surface area contributed by atoms with Crippen molar-refractivity contribution in [3.63, 3.8) is 0 Å². The van der Waals surface area contributed by atoms with Crippen molar-refractivity contribution < 1.29 is 19.1 Å². The molecule has 0 unspecified atom stereocenters. The first-order valence-electron chi connectivity index (χ1n) is 8.78. The minimum atomic E-state index is -0.458. The van der Waals surface area contributed by atoms with E-state index in [1.54, 1.807) is 60.8 Å². The molecule has 1 amide bonds.